The summed E-state index contributed by atoms with van der Waals surface area (Å²) in [5.74, 6) is 0. The number of nitroso groups, excluding NO2 is 1. The second-order valence-corrected chi connectivity index (χ2v) is 6.55. The molecule has 0 radical (unpaired) electrons. The Labute approximate surface area is 198 Å². The van der Waals surface area contributed by atoms with Gasteiger partial charge in [-0.3, -0.25) is 10.2 Å². The van der Waals surface area contributed by atoms with Gasteiger partial charge in [-0.15, -0.1) is 4.91 Å². The van der Waals surface area contributed by atoms with E-state index in [1.54, 1.807) is 44.4 Å². The molecule has 0 saturated carbocycles. The molecule has 12 heteroatoms. The van der Waals surface area contributed by atoms with Crippen LogP contribution in [0.5, 0.6) is 0 Å². The number of nitrogens with two attached hydrogens (primary N) is 1. The van der Waals surface area contributed by atoms with Gasteiger partial charge in [0.2, 0.25) is 0 Å². The first-order chi connectivity index (χ1) is 16.6. The van der Waals surface area contributed by atoms with Gasteiger partial charge in [0.05, 0.1) is 17.6 Å². The fourth-order valence-corrected chi connectivity index (χ4v) is 2.69. The third-order valence-corrected chi connectivity index (χ3v) is 4.35. The van der Waals surface area contributed by atoms with Crippen molar-refractivity contribution in [2.24, 2.45) is 10.9 Å². The summed E-state index contributed by atoms with van der Waals surface area (Å²) in [6.07, 6.45) is -1.32. The van der Waals surface area contributed by atoms with Gasteiger partial charge >= 0.3 is 11.8 Å². The van der Waals surface area contributed by atoms with E-state index in [9.17, 15) is 27.7 Å². The minimum Gasteiger partial charge on any atom is -0.423 e. The molecule has 4 N–H and O–H groups in total. The highest BCUT2D eigenvalue weighted by molar-refractivity contribution is 5.85. The molecule has 0 unspecified atom stereocenters. The molecule has 0 bridgehead atoms. The predicted molar refractivity (Wildman–Crippen MR) is 130 cm³/mol. The predicted octanol–water partition coefficient (Wildman–Crippen LogP) is 4.59. The lowest BCUT2D eigenvalue weighted by Gasteiger charge is -2.10. The number of benzene rings is 2. The molecule has 1 heterocycles. The summed E-state index contributed by atoms with van der Waals surface area (Å²) < 4.78 is 42.8. The molecular weight excluding hydrogens is 467 g/mol. The van der Waals surface area contributed by atoms with Gasteiger partial charge in [0.25, 0.3) is 0 Å². The molecule has 3 rings (SSSR count). The Morgan fingerprint density at radius 1 is 1.17 bits per heavy atom. The van der Waals surface area contributed by atoms with Crippen LogP contribution in [0.25, 0.3) is 17.0 Å². The van der Waals surface area contributed by atoms with Crippen LogP contribution in [0.3, 0.4) is 0 Å². The van der Waals surface area contributed by atoms with Crippen molar-refractivity contribution < 1.29 is 22.4 Å². The number of carbonyl (C=O) groups is 1. The number of aldehydes is 1. The average Bonchev–Trinajstić information content (AvgIpc) is 2.87. The zero-order valence-corrected chi connectivity index (χ0v) is 19.1. The van der Waals surface area contributed by atoms with Gasteiger partial charge in [-0.1, -0.05) is 12.1 Å². The number of carbonyl (C=O) groups excluding carboxylic acids is 1. The lowest BCUT2D eigenvalue weighted by Crippen LogP contribution is -2.15. The summed E-state index contributed by atoms with van der Waals surface area (Å²) in [7, 11) is 4.71. The second kappa shape index (κ2) is 13.4. The monoisotopic (exact) mass is 491 g/mol. The topological polar surface area (TPSA) is 142 Å². The maximum atomic E-state index is 12.7. The van der Waals surface area contributed by atoms with E-state index in [1.807, 2.05) is 0 Å². The zero-order valence-electron chi connectivity index (χ0n) is 19.1. The first kappa shape index (κ1) is 28.7. The van der Waals surface area contributed by atoms with Crippen molar-refractivity contribution in [2.75, 3.05) is 26.5 Å². The number of rotatable bonds is 6. The van der Waals surface area contributed by atoms with E-state index >= 15 is 0 Å². The quantitative estimate of drug-likeness (QED) is 0.114. The van der Waals surface area contributed by atoms with E-state index in [0.717, 1.165) is 6.34 Å². The van der Waals surface area contributed by atoms with Gasteiger partial charge < -0.3 is 20.4 Å². The third-order valence-electron chi connectivity index (χ3n) is 4.35. The molecule has 0 atom stereocenters. The van der Waals surface area contributed by atoms with Gasteiger partial charge in [-0.2, -0.15) is 13.2 Å². The Kier molecular flexibility index (Phi) is 11.0. The standard InChI is InChI=1S/C11H8F3NO2.C11H11N3O2.CH5N/c1-15-6-2-3-7-8(11(12,13)14)5-10(16)17-9(7)4-6;1-14(8-12)11(7-15)6-9-3-2-4-10(5-9)13-16;1-2/h2-5,15H,1H3;2-8,12H,1H3;2H2,1H3/b;11-6-,12-8?;. The lowest BCUT2D eigenvalue weighted by molar-refractivity contribution is -0.136. The SMILES string of the molecule is CN.CN(C=N)/C(C=O)=C\c1cccc(N=O)c1.CNc1ccc2c(C(F)(F)F)cc(=O)oc2c1. The number of allylic oxidation sites excluding steroid dienone is 1. The van der Waals surface area contributed by atoms with E-state index in [0.29, 0.717) is 35.0 Å². The van der Waals surface area contributed by atoms with Gasteiger partial charge in [0, 0.05) is 37.3 Å². The van der Waals surface area contributed by atoms with Gasteiger partial charge in [-0.05, 0) is 48.1 Å². The normalized spacial score (nSPS) is 10.8. The van der Waals surface area contributed by atoms with Crippen molar-refractivity contribution in [3.63, 3.8) is 0 Å². The smallest absolute Gasteiger partial charge is 0.417 e. The number of hydrogen-bond donors (Lipinski definition) is 3. The lowest BCUT2D eigenvalue weighted by atomic mass is 10.1. The average molecular weight is 491 g/mol. The molecule has 0 aliphatic carbocycles. The van der Waals surface area contributed by atoms with Crippen LogP contribution in [0.15, 0.2) is 68.6 Å². The van der Waals surface area contributed by atoms with Crippen molar-refractivity contribution in [1.29, 1.82) is 5.41 Å². The second-order valence-electron chi connectivity index (χ2n) is 6.55. The summed E-state index contributed by atoms with van der Waals surface area (Å²) in [5.41, 5.74) is 4.31. The maximum Gasteiger partial charge on any atom is 0.417 e. The van der Waals surface area contributed by atoms with E-state index in [2.05, 4.69) is 16.2 Å². The van der Waals surface area contributed by atoms with Crippen molar-refractivity contribution in [1.82, 2.24) is 4.90 Å². The molecule has 0 aliphatic heterocycles. The van der Waals surface area contributed by atoms with Crippen molar-refractivity contribution in [2.45, 2.75) is 6.18 Å². The molecule has 0 saturated heterocycles. The summed E-state index contributed by atoms with van der Waals surface area (Å²) in [6.45, 7) is 0. The van der Waals surface area contributed by atoms with E-state index in [1.165, 1.54) is 30.1 Å². The molecule has 186 valence electrons. The number of anilines is 1. The molecule has 9 nitrogen and oxygen atoms in total. The fraction of sp³-hybridized carbons (Fsp3) is 0.174. The molecule has 1 aromatic heterocycles. The van der Waals surface area contributed by atoms with Crippen LogP contribution in [0.1, 0.15) is 11.1 Å². The third kappa shape index (κ3) is 8.19. The molecule has 2 aromatic carbocycles. The van der Waals surface area contributed by atoms with Gasteiger partial charge in [0.15, 0.2) is 6.29 Å². The van der Waals surface area contributed by atoms with E-state index in [-0.39, 0.29) is 11.0 Å². The van der Waals surface area contributed by atoms with E-state index < -0.39 is 17.4 Å². The first-order valence-electron chi connectivity index (χ1n) is 9.87. The largest absolute Gasteiger partial charge is 0.423 e. The Morgan fingerprint density at radius 2 is 1.86 bits per heavy atom. The van der Waals surface area contributed by atoms with Crippen LogP contribution in [-0.2, 0) is 11.0 Å². The maximum absolute atomic E-state index is 12.7. The number of nitrogens with zero attached hydrogens (tertiary/aromatic N) is 2. The van der Waals surface area contributed by atoms with Crippen LogP contribution in [0, 0.1) is 10.3 Å². The van der Waals surface area contributed by atoms with Crippen molar-refractivity contribution in [3.05, 3.63) is 80.7 Å². The van der Waals surface area contributed by atoms with Crippen molar-refractivity contribution >= 4 is 41.0 Å². The minimum absolute atomic E-state index is 0.0864. The van der Waals surface area contributed by atoms with Gasteiger partial charge in [-0.25, -0.2) is 4.79 Å². The summed E-state index contributed by atoms with van der Waals surface area (Å²) >= 11 is 0. The number of alkyl halides is 3. The van der Waals surface area contributed by atoms with Crippen LogP contribution in [0.2, 0.25) is 0 Å². The molecule has 0 spiro atoms. The highest BCUT2D eigenvalue weighted by Gasteiger charge is 2.33. The molecule has 0 amide bonds. The minimum atomic E-state index is -4.57. The number of fused-ring (bicyclic) bond motifs is 1. The van der Waals surface area contributed by atoms with Crippen LogP contribution in [-0.4, -0.2) is 38.7 Å². The Bertz CT molecular complexity index is 1260. The number of hydrogen-bond acceptors (Lipinski definition) is 8. The van der Waals surface area contributed by atoms with E-state index in [4.69, 9.17) is 9.83 Å². The van der Waals surface area contributed by atoms with Gasteiger partial charge in [0.1, 0.15) is 11.3 Å². The van der Waals surface area contributed by atoms with Crippen LogP contribution >= 0.6 is 0 Å². The van der Waals surface area contributed by atoms with Crippen LogP contribution in [0.4, 0.5) is 24.5 Å². The summed E-state index contributed by atoms with van der Waals surface area (Å²) in [5, 5.41) is 12.4. The molecule has 35 heavy (non-hydrogen) atoms. The Balaban J connectivity index is 0.000000328. The molecular formula is C23H24F3N5O4. The number of nitrogens with one attached hydrogen (secondary N) is 2. The first-order valence-corrected chi connectivity index (χ1v) is 9.87. The highest BCUT2D eigenvalue weighted by Crippen LogP contribution is 2.34. The number of likely N-dealkylation sites (N-methyl/N-ethyl adjacent to an activating group) is 1. The molecule has 3 aromatic rings. The number of halogens is 3. The Morgan fingerprint density at radius 3 is 2.40 bits per heavy atom. The van der Waals surface area contributed by atoms with Crippen molar-refractivity contribution in [3.8, 4) is 0 Å². The molecule has 0 aliphatic rings. The molecule has 0 fully saturated rings. The summed E-state index contributed by atoms with van der Waals surface area (Å²) in [4.78, 5) is 33.5. The zero-order chi connectivity index (χ0) is 26.6. The Hall–Kier alpha value is -4.32. The van der Waals surface area contributed by atoms with Crippen LogP contribution < -0.4 is 16.7 Å². The summed E-state index contributed by atoms with van der Waals surface area (Å²) in [6, 6.07) is 11.1. The fourth-order valence-electron chi connectivity index (χ4n) is 2.69. The highest BCUT2D eigenvalue weighted by atomic mass is 19.4.